The maximum Gasteiger partial charge on any atom is 0.298 e. The van der Waals surface area contributed by atoms with Crippen molar-refractivity contribution in [3.05, 3.63) is 29.6 Å². The molecule has 0 aliphatic rings. The Kier molecular flexibility index (Phi) is 4.25. The Balaban J connectivity index is 2.23. The Morgan fingerprint density at radius 1 is 1.25 bits per heavy atom. The lowest BCUT2D eigenvalue weighted by Crippen LogP contribution is -2.12. The monoisotopic (exact) mass is 294 g/mol. The summed E-state index contributed by atoms with van der Waals surface area (Å²) in [6.07, 6.45) is 0. The van der Waals surface area contributed by atoms with E-state index in [9.17, 15) is 0 Å². The van der Waals surface area contributed by atoms with Crippen molar-refractivity contribution >= 4 is 11.5 Å². The van der Waals surface area contributed by atoms with Crippen LogP contribution in [0, 0.1) is 0 Å². The summed E-state index contributed by atoms with van der Waals surface area (Å²) in [6.45, 7) is 6.12. The van der Waals surface area contributed by atoms with Crippen molar-refractivity contribution in [3.63, 3.8) is 0 Å². The number of rotatable bonds is 4. The van der Waals surface area contributed by atoms with Crippen molar-refractivity contribution in [1.29, 1.82) is 0 Å². The number of nitrogens with zero attached hydrogens (tertiary/aromatic N) is 2. The largest absolute Gasteiger partial charge is 0.493 e. The standard InChI is InChI=1S/C14H18N2O3S/c1-14(2,3)12-15-13(20-16-12)19-10-6-5-9(8-17)7-11(10)18-4/h5-7,17H,8H2,1-4H3. The molecule has 108 valence electrons. The van der Waals surface area contributed by atoms with Gasteiger partial charge >= 0.3 is 0 Å². The van der Waals surface area contributed by atoms with Gasteiger partial charge in [0.2, 0.25) is 0 Å². The predicted octanol–water partition coefficient (Wildman–Crippen LogP) is 3.13. The highest BCUT2D eigenvalue weighted by Gasteiger charge is 2.20. The van der Waals surface area contributed by atoms with Gasteiger partial charge in [-0.1, -0.05) is 26.8 Å². The summed E-state index contributed by atoms with van der Waals surface area (Å²) in [5.41, 5.74) is 0.657. The van der Waals surface area contributed by atoms with E-state index in [1.165, 1.54) is 11.5 Å². The van der Waals surface area contributed by atoms with Crippen LogP contribution in [0.25, 0.3) is 0 Å². The zero-order chi connectivity index (χ0) is 14.8. The summed E-state index contributed by atoms with van der Waals surface area (Å²) in [5.74, 6) is 1.87. The zero-order valence-electron chi connectivity index (χ0n) is 12.0. The van der Waals surface area contributed by atoms with Gasteiger partial charge in [-0.25, -0.2) is 0 Å². The Hall–Kier alpha value is -1.66. The van der Waals surface area contributed by atoms with Gasteiger partial charge in [0.25, 0.3) is 5.19 Å². The van der Waals surface area contributed by atoms with Gasteiger partial charge in [-0.2, -0.15) is 9.36 Å². The maximum atomic E-state index is 9.11. The molecule has 2 aromatic rings. The van der Waals surface area contributed by atoms with Gasteiger partial charge < -0.3 is 14.6 Å². The van der Waals surface area contributed by atoms with E-state index >= 15 is 0 Å². The highest BCUT2D eigenvalue weighted by molar-refractivity contribution is 7.07. The highest BCUT2D eigenvalue weighted by atomic mass is 32.1. The number of aromatic nitrogens is 2. The molecule has 0 bridgehead atoms. The summed E-state index contributed by atoms with van der Waals surface area (Å²) < 4.78 is 15.3. The second-order valence-corrected chi connectivity index (χ2v) is 6.09. The molecule has 0 saturated heterocycles. The summed E-state index contributed by atoms with van der Waals surface area (Å²) in [4.78, 5) is 4.38. The number of ether oxygens (including phenoxy) is 2. The van der Waals surface area contributed by atoms with E-state index in [1.54, 1.807) is 25.3 Å². The van der Waals surface area contributed by atoms with Gasteiger partial charge in [0.15, 0.2) is 17.3 Å². The molecule has 6 heteroatoms. The fourth-order valence-corrected chi connectivity index (χ4v) is 2.28. The van der Waals surface area contributed by atoms with Crippen LogP contribution in [0.3, 0.4) is 0 Å². The molecule has 2 rings (SSSR count). The van der Waals surface area contributed by atoms with Crippen LogP contribution in [0.2, 0.25) is 0 Å². The van der Waals surface area contributed by atoms with Gasteiger partial charge in [0.1, 0.15) is 0 Å². The quantitative estimate of drug-likeness (QED) is 0.938. The molecule has 0 radical (unpaired) electrons. The SMILES string of the molecule is COc1cc(CO)ccc1Oc1nc(C(C)(C)C)ns1. The molecule has 1 aromatic heterocycles. The van der Waals surface area contributed by atoms with Crippen LogP contribution in [0.1, 0.15) is 32.2 Å². The fraction of sp³-hybridized carbons (Fsp3) is 0.429. The summed E-state index contributed by atoms with van der Waals surface area (Å²) >= 11 is 1.21. The lowest BCUT2D eigenvalue weighted by atomic mass is 9.96. The lowest BCUT2D eigenvalue weighted by molar-refractivity contribution is 0.280. The summed E-state index contributed by atoms with van der Waals surface area (Å²) in [5, 5.41) is 9.59. The first-order valence-electron chi connectivity index (χ1n) is 6.24. The van der Waals surface area contributed by atoms with Gasteiger partial charge in [-0.15, -0.1) is 0 Å². The predicted molar refractivity (Wildman–Crippen MR) is 77.6 cm³/mol. The van der Waals surface area contributed by atoms with E-state index in [4.69, 9.17) is 14.6 Å². The summed E-state index contributed by atoms with van der Waals surface area (Å²) in [7, 11) is 1.56. The average molecular weight is 294 g/mol. The molecule has 5 nitrogen and oxygen atoms in total. The van der Waals surface area contributed by atoms with Crippen LogP contribution < -0.4 is 9.47 Å². The number of hydrogen-bond donors (Lipinski definition) is 1. The first kappa shape index (κ1) is 14.7. The molecule has 0 fully saturated rings. The minimum Gasteiger partial charge on any atom is -0.493 e. The van der Waals surface area contributed by atoms with Crippen LogP contribution in [0.15, 0.2) is 18.2 Å². The van der Waals surface area contributed by atoms with Gasteiger partial charge in [-0.3, -0.25) is 0 Å². The Morgan fingerprint density at radius 3 is 2.55 bits per heavy atom. The van der Waals surface area contributed by atoms with E-state index in [1.807, 2.05) is 0 Å². The van der Waals surface area contributed by atoms with Crippen molar-refractivity contribution in [1.82, 2.24) is 9.36 Å². The first-order chi connectivity index (χ1) is 9.44. The Labute approximate surface area is 122 Å². The second kappa shape index (κ2) is 5.76. The zero-order valence-corrected chi connectivity index (χ0v) is 12.8. The fourth-order valence-electron chi connectivity index (χ4n) is 1.54. The number of hydrogen-bond acceptors (Lipinski definition) is 6. The number of benzene rings is 1. The van der Waals surface area contributed by atoms with Crippen molar-refractivity contribution in [2.75, 3.05) is 7.11 Å². The van der Waals surface area contributed by atoms with Gasteiger partial charge in [-0.05, 0) is 17.7 Å². The number of methoxy groups -OCH3 is 1. The van der Waals surface area contributed by atoms with E-state index in [-0.39, 0.29) is 12.0 Å². The first-order valence-corrected chi connectivity index (χ1v) is 7.01. The van der Waals surface area contributed by atoms with Crippen LogP contribution >= 0.6 is 11.5 Å². The molecule has 0 amide bonds. The topological polar surface area (TPSA) is 64.5 Å². The second-order valence-electron chi connectivity index (χ2n) is 5.38. The molecular formula is C14H18N2O3S. The molecule has 0 spiro atoms. The minimum atomic E-state index is -0.108. The van der Waals surface area contributed by atoms with E-state index in [0.29, 0.717) is 16.7 Å². The average Bonchev–Trinajstić information content (AvgIpc) is 2.87. The Morgan fingerprint density at radius 2 is 2.00 bits per heavy atom. The molecular weight excluding hydrogens is 276 g/mol. The van der Waals surface area contributed by atoms with Crippen LogP contribution in [-0.2, 0) is 12.0 Å². The third-order valence-corrected chi connectivity index (χ3v) is 3.28. The van der Waals surface area contributed by atoms with Crippen LogP contribution in [0.5, 0.6) is 16.7 Å². The highest BCUT2D eigenvalue weighted by Crippen LogP contribution is 2.34. The normalized spacial score (nSPS) is 11.4. The van der Waals surface area contributed by atoms with E-state index in [2.05, 4.69) is 30.1 Å². The van der Waals surface area contributed by atoms with Crippen LogP contribution in [0.4, 0.5) is 0 Å². The smallest absolute Gasteiger partial charge is 0.298 e. The lowest BCUT2D eigenvalue weighted by Gasteiger charge is -2.12. The molecule has 1 heterocycles. The molecule has 0 aliphatic carbocycles. The van der Waals surface area contributed by atoms with Crippen molar-refractivity contribution in [2.24, 2.45) is 0 Å². The molecule has 20 heavy (non-hydrogen) atoms. The van der Waals surface area contributed by atoms with Crippen molar-refractivity contribution in [3.8, 4) is 16.7 Å². The molecule has 0 unspecified atom stereocenters. The van der Waals surface area contributed by atoms with Crippen molar-refractivity contribution < 1.29 is 14.6 Å². The summed E-state index contributed by atoms with van der Waals surface area (Å²) in [6, 6.07) is 5.27. The van der Waals surface area contributed by atoms with E-state index < -0.39 is 0 Å². The minimum absolute atomic E-state index is 0.0381. The molecule has 0 atom stereocenters. The number of aliphatic hydroxyl groups is 1. The molecule has 0 aliphatic heterocycles. The molecule has 1 N–H and O–H groups in total. The molecule has 0 saturated carbocycles. The van der Waals surface area contributed by atoms with Crippen LogP contribution in [-0.4, -0.2) is 21.6 Å². The number of aliphatic hydroxyl groups excluding tert-OH is 1. The maximum absolute atomic E-state index is 9.11. The van der Waals surface area contributed by atoms with Crippen molar-refractivity contribution in [2.45, 2.75) is 32.8 Å². The van der Waals surface area contributed by atoms with Gasteiger partial charge in [0.05, 0.1) is 13.7 Å². The Bertz CT molecular complexity index is 590. The van der Waals surface area contributed by atoms with Gasteiger partial charge in [0, 0.05) is 16.9 Å². The third kappa shape index (κ3) is 3.26. The van der Waals surface area contributed by atoms with E-state index in [0.717, 1.165) is 11.4 Å². The molecule has 1 aromatic carbocycles. The third-order valence-electron chi connectivity index (χ3n) is 2.69.